The molecule has 0 spiro atoms. The van der Waals surface area contributed by atoms with E-state index >= 15 is 0 Å². The number of hydrogen-bond donors (Lipinski definition) is 1. The summed E-state index contributed by atoms with van der Waals surface area (Å²) < 4.78 is 7.28. The Hall–Kier alpha value is -2.63. The molecule has 0 saturated heterocycles. The van der Waals surface area contributed by atoms with Gasteiger partial charge in [-0.1, -0.05) is 6.07 Å². The molecule has 6 nitrogen and oxygen atoms in total. The maximum Gasteiger partial charge on any atom is 0.152 e. The average molecular weight is 283 g/mol. The highest BCUT2D eigenvalue weighted by Crippen LogP contribution is 2.25. The van der Waals surface area contributed by atoms with Gasteiger partial charge in [0.15, 0.2) is 5.82 Å². The second-order valence-corrected chi connectivity index (χ2v) is 4.63. The minimum absolute atomic E-state index is 0.581. The van der Waals surface area contributed by atoms with Crippen molar-refractivity contribution in [3.8, 4) is 5.75 Å². The van der Waals surface area contributed by atoms with Gasteiger partial charge in [-0.2, -0.15) is 0 Å². The zero-order valence-electron chi connectivity index (χ0n) is 12.1. The number of rotatable bonds is 5. The molecule has 3 rings (SSSR count). The molecule has 21 heavy (non-hydrogen) atoms. The summed E-state index contributed by atoms with van der Waals surface area (Å²) in [5.74, 6) is 2.52. The Kier molecular flexibility index (Phi) is 3.68. The molecule has 0 unspecified atom stereocenters. The third-order valence-corrected chi connectivity index (χ3v) is 3.42. The van der Waals surface area contributed by atoms with Gasteiger partial charge >= 0.3 is 0 Å². The summed E-state index contributed by atoms with van der Waals surface area (Å²) in [4.78, 5) is 4.41. The van der Waals surface area contributed by atoms with Gasteiger partial charge < -0.3 is 14.6 Å². The standard InChI is InChI=1S/C15H17N5O/c1-3-20-10-18-19-14(20)9-17-15-13-8-12(21-2)5-4-11(13)6-7-16-15/h4-8,10H,3,9H2,1-2H3,(H,16,17). The van der Waals surface area contributed by atoms with E-state index in [1.165, 1.54) is 0 Å². The minimum atomic E-state index is 0.581. The number of aromatic nitrogens is 4. The van der Waals surface area contributed by atoms with E-state index < -0.39 is 0 Å². The van der Waals surface area contributed by atoms with E-state index in [-0.39, 0.29) is 0 Å². The number of pyridine rings is 1. The second-order valence-electron chi connectivity index (χ2n) is 4.63. The van der Waals surface area contributed by atoms with Crippen molar-refractivity contribution in [2.75, 3.05) is 12.4 Å². The topological polar surface area (TPSA) is 64.9 Å². The van der Waals surface area contributed by atoms with Gasteiger partial charge in [-0.15, -0.1) is 10.2 Å². The number of anilines is 1. The molecule has 0 aliphatic heterocycles. The third-order valence-electron chi connectivity index (χ3n) is 3.42. The lowest BCUT2D eigenvalue weighted by molar-refractivity contribution is 0.415. The zero-order valence-corrected chi connectivity index (χ0v) is 12.1. The molecular formula is C15H17N5O. The molecule has 108 valence electrons. The first kappa shape index (κ1) is 13.4. The van der Waals surface area contributed by atoms with E-state index in [1.807, 2.05) is 28.8 Å². The summed E-state index contributed by atoms with van der Waals surface area (Å²) >= 11 is 0. The van der Waals surface area contributed by atoms with Crippen LogP contribution in [-0.2, 0) is 13.1 Å². The number of nitrogens with zero attached hydrogens (tertiary/aromatic N) is 4. The molecule has 6 heteroatoms. The Labute approximate surface area is 122 Å². The monoisotopic (exact) mass is 283 g/mol. The normalized spacial score (nSPS) is 10.8. The lowest BCUT2D eigenvalue weighted by atomic mass is 10.1. The van der Waals surface area contributed by atoms with Crippen LogP contribution in [0.25, 0.3) is 10.8 Å². The van der Waals surface area contributed by atoms with Gasteiger partial charge in [-0.25, -0.2) is 4.98 Å². The second kappa shape index (κ2) is 5.78. The molecule has 0 radical (unpaired) electrons. The van der Waals surface area contributed by atoms with Crippen molar-refractivity contribution in [1.82, 2.24) is 19.7 Å². The van der Waals surface area contributed by atoms with Crippen molar-refractivity contribution in [2.24, 2.45) is 0 Å². The molecule has 0 fully saturated rings. The number of methoxy groups -OCH3 is 1. The number of benzene rings is 1. The van der Waals surface area contributed by atoms with E-state index in [0.29, 0.717) is 6.54 Å². The van der Waals surface area contributed by atoms with Crippen molar-refractivity contribution in [1.29, 1.82) is 0 Å². The SMILES string of the molecule is CCn1cnnc1CNc1nccc2ccc(OC)cc12. The molecule has 0 atom stereocenters. The van der Waals surface area contributed by atoms with Crippen molar-refractivity contribution in [3.05, 3.63) is 42.6 Å². The van der Waals surface area contributed by atoms with Gasteiger partial charge in [-0.05, 0) is 30.5 Å². The maximum absolute atomic E-state index is 5.28. The van der Waals surface area contributed by atoms with Crippen LogP contribution in [0, 0.1) is 0 Å². The number of hydrogen-bond acceptors (Lipinski definition) is 5. The van der Waals surface area contributed by atoms with Gasteiger partial charge in [0.05, 0.1) is 13.7 Å². The molecule has 0 aliphatic carbocycles. The number of ether oxygens (including phenoxy) is 1. The predicted molar refractivity (Wildman–Crippen MR) is 81.3 cm³/mol. The molecule has 2 heterocycles. The first-order valence-corrected chi connectivity index (χ1v) is 6.85. The molecule has 0 amide bonds. The summed E-state index contributed by atoms with van der Waals surface area (Å²) in [6.45, 7) is 3.49. The lowest BCUT2D eigenvalue weighted by Gasteiger charge is -2.10. The number of aryl methyl sites for hydroxylation is 1. The maximum atomic E-state index is 5.28. The van der Waals surface area contributed by atoms with Gasteiger partial charge in [0, 0.05) is 18.1 Å². The zero-order chi connectivity index (χ0) is 14.7. The highest BCUT2D eigenvalue weighted by atomic mass is 16.5. The quantitative estimate of drug-likeness (QED) is 0.779. The van der Waals surface area contributed by atoms with E-state index in [9.17, 15) is 0 Å². The molecular weight excluding hydrogens is 266 g/mol. The van der Waals surface area contributed by atoms with Crippen LogP contribution in [0.4, 0.5) is 5.82 Å². The van der Waals surface area contributed by atoms with Crippen molar-refractivity contribution in [2.45, 2.75) is 20.0 Å². The molecule has 2 aromatic heterocycles. The molecule has 0 saturated carbocycles. The van der Waals surface area contributed by atoms with Gasteiger partial charge in [0.25, 0.3) is 0 Å². The Morgan fingerprint density at radius 2 is 2.19 bits per heavy atom. The minimum Gasteiger partial charge on any atom is -0.497 e. The average Bonchev–Trinajstić information content (AvgIpc) is 2.99. The van der Waals surface area contributed by atoms with Gasteiger partial charge in [0.2, 0.25) is 0 Å². The van der Waals surface area contributed by atoms with Crippen molar-refractivity contribution in [3.63, 3.8) is 0 Å². The van der Waals surface area contributed by atoms with Crippen LogP contribution >= 0.6 is 0 Å². The number of fused-ring (bicyclic) bond motifs is 1. The Morgan fingerprint density at radius 1 is 1.29 bits per heavy atom. The van der Waals surface area contributed by atoms with Crippen LogP contribution < -0.4 is 10.1 Å². The van der Waals surface area contributed by atoms with Crippen LogP contribution in [0.2, 0.25) is 0 Å². The summed E-state index contributed by atoms with van der Waals surface area (Å²) in [5, 5.41) is 13.5. The highest BCUT2D eigenvalue weighted by Gasteiger charge is 2.06. The summed E-state index contributed by atoms with van der Waals surface area (Å²) in [5.41, 5.74) is 0. The van der Waals surface area contributed by atoms with Crippen LogP contribution in [0.15, 0.2) is 36.8 Å². The van der Waals surface area contributed by atoms with Crippen molar-refractivity contribution >= 4 is 16.6 Å². The Morgan fingerprint density at radius 3 is 3.00 bits per heavy atom. The van der Waals surface area contributed by atoms with Crippen LogP contribution in [0.5, 0.6) is 5.75 Å². The summed E-state index contributed by atoms with van der Waals surface area (Å²) in [6.07, 6.45) is 3.53. The molecule has 1 N–H and O–H groups in total. The van der Waals surface area contributed by atoms with E-state index in [2.05, 4.69) is 27.4 Å². The fourth-order valence-corrected chi connectivity index (χ4v) is 2.26. The summed E-state index contributed by atoms with van der Waals surface area (Å²) in [7, 11) is 1.66. The first-order valence-electron chi connectivity index (χ1n) is 6.85. The van der Waals surface area contributed by atoms with Crippen LogP contribution in [0.3, 0.4) is 0 Å². The Bertz CT molecular complexity index is 753. The molecule has 1 aromatic carbocycles. The van der Waals surface area contributed by atoms with Gasteiger partial charge in [-0.3, -0.25) is 0 Å². The molecule has 0 aliphatic rings. The third kappa shape index (κ3) is 2.65. The molecule has 3 aromatic rings. The van der Waals surface area contributed by atoms with E-state index in [1.54, 1.807) is 19.6 Å². The van der Waals surface area contributed by atoms with E-state index in [0.717, 1.165) is 34.7 Å². The smallest absolute Gasteiger partial charge is 0.152 e. The largest absolute Gasteiger partial charge is 0.497 e. The number of nitrogens with one attached hydrogen (secondary N) is 1. The van der Waals surface area contributed by atoms with Crippen molar-refractivity contribution < 1.29 is 4.74 Å². The fourth-order valence-electron chi connectivity index (χ4n) is 2.26. The van der Waals surface area contributed by atoms with Crippen LogP contribution in [-0.4, -0.2) is 26.9 Å². The predicted octanol–water partition coefficient (Wildman–Crippen LogP) is 2.47. The fraction of sp³-hybridized carbons (Fsp3) is 0.267. The van der Waals surface area contributed by atoms with Crippen LogP contribution in [0.1, 0.15) is 12.7 Å². The highest BCUT2D eigenvalue weighted by molar-refractivity contribution is 5.92. The van der Waals surface area contributed by atoms with Gasteiger partial charge in [0.1, 0.15) is 17.9 Å². The Balaban J connectivity index is 1.89. The first-order chi connectivity index (χ1) is 10.3. The lowest BCUT2D eigenvalue weighted by Crippen LogP contribution is -2.08. The van der Waals surface area contributed by atoms with E-state index in [4.69, 9.17) is 4.74 Å². The molecule has 0 bridgehead atoms. The summed E-state index contributed by atoms with van der Waals surface area (Å²) in [6, 6.07) is 7.93.